The van der Waals surface area contributed by atoms with Gasteiger partial charge in [-0.25, -0.2) is 4.79 Å². The molecule has 2 saturated heterocycles. The molecule has 32 heavy (non-hydrogen) atoms. The van der Waals surface area contributed by atoms with Crippen LogP contribution in [0.15, 0.2) is 41.4 Å². The Hall–Kier alpha value is -2.66. The van der Waals surface area contributed by atoms with Crippen molar-refractivity contribution >= 4 is 23.2 Å². The second-order valence-corrected chi connectivity index (χ2v) is 8.41. The molecule has 7 nitrogen and oxygen atoms in total. The molecule has 2 fully saturated rings. The average molecular weight is 472 g/mol. The van der Waals surface area contributed by atoms with Crippen LogP contribution in [0.4, 0.5) is 13.2 Å². The minimum atomic E-state index is -5.08. The molecular formula is C21H23F3N2O5S. The molecule has 0 bridgehead atoms. The standard InChI is InChI=1S/C19H22N2O3S.C2HF3O2/c22-18(15-5-10-25-12-15)21-8-4-17-19(13-21,6-2-9-23-17)14-24-16-3-1-7-20-11-16;3-2(4,5)1(6)7/h1,3,5,7,10-12,17H,2,4,6,8-9,13-14H2;(H,6,7). The number of fused-ring (bicyclic) bond motifs is 1. The van der Waals surface area contributed by atoms with E-state index in [1.165, 1.54) is 0 Å². The molecule has 0 spiro atoms. The van der Waals surface area contributed by atoms with Crippen LogP contribution < -0.4 is 4.74 Å². The van der Waals surface area contributed by atoms with Gasteiger partial charge in [0.25, 0.3) is 5.91 Å². The lowest BCUT2D eigenvalue weighted by Gasteiger charge is -2.50. The molecule has 0 radical (unpaired) electrons. The number of nitrogens with zero attached hydrogens (tertiary/aromatic N) is 2. The Morgan fingerprint density at radius 1 is 1.38 bits per heavy atom. The van der Waals surface area contributed by atoms with E-state index < -0.39 is 12.1 Å². The number of carboxylic acids is 1. The number of amides is 1. The number of aromatic nitrogens is 1. The quantitative estimate of drug-likeness (QED) is 0.727. The van der Waals surface area contributed by atoms with Crippen molar-refractivity contribution < 1.29 is 37.3 Å². The molecule has 1 N–H and O–H groups in total. The Labute approximate surface area is 186 Å². The Balaban J connectivity index is 0.000000360. The van der Waals surface area contributed by atoms with Crippen molar-refractivity contribution in [3.63, 3.8) is 0 Å². The van der Waals surface area contributed by atoms with Crippen molar-refractivity contribution in [1.82, 2.24) is 9.88 Å². The summed E-state index contributed by atoms with van der Waals surface area (Å²) < 4.78 is 43.8. The van der Waals surface area contributed by atoms with Gasteiger partial charge in [0, 0.05) is 36.7 Å². The maximum Gasteiger partial charge on any atom is 0.490 e. The summed E-state index contributed by atoms with van der Waals surface area (Å²) in [5, 5.41) is 11.0. The van der Waals surface area contributed by atoms with E-state index in [1.54, 1.807) is 23.7 Å². The molecule has 11 heteroatoms. The van der Waals surface area contributed by atoms with Crippen LogP contribution in [0, 0.1) is 5.41 Å². The Morgan fingerprint density at radius 2 is 2.16 bits per heavy atom. The third-order valence-corrected chi connectivity index (χ3v) is 6.13. The lowest BCUT2D eigenvalue weighted by atomic mass is 9.73. The van der Waals surface area contributed by atoms with E-state index in [-0.39, 0.29) is 17.4 Å². The second kappa shape index (κ2) is 10.3. The maximum atomic E-state index is 12.8. The molecule has 2 aromatic heterocycles. The number of halogens is 3. The first-order valence-corrected chi connectivity index (χ1v) is 10.9. The van der Waals surface area contributed by atoms with E-state index in [1.807, 2.05) is 33.9 Å². The summed E-state index contributed by atoms with van der Waals surface area (Å²) in [6.07, 6.45) is 1.43. The van der Waals surface area contributed by atoms with Crippen LogP contribution in [-0.2, 0) is 9.53 Å². The number of thiophene rings is 1. The van der Waals surface area contributed by atoms with E-state index in [2.05, 4.69) is 4.98 Å². The van der Waals surface area contributed by atoms with Crippen LogP contribution in [0.2, 0.25) is 0 Å². The van der Waals surface area contributed by atoms with E-state index in [0.717, 1.165) is 43.7 Å². The number of rotatable bonds is 4. The third-order valence-electron chi connectivity index (χ3n) is 5.45. The fourth-order valence-electron chi connectivity index (χ4n) is 3.90. The van der Waals surface area contributed by atoms with Gasteiger partial charge in [0.15, 0.2) is 0 Å². The minimum Gasteiger partial charge on any atom is -0.491 e. The van der Waals surface area contributed by atoms with Crippen molar-refractivity contribution in [1.29, 1.82) is 0 Å². The summed E-state index contributed by atoms with van der Waals surface area (Å²) >= 11 is 1.56. The highest BCUT2D eigenvalue weighted by atomic mass is 32.1. The lowest BCUT2D eigenvalue weighted by molar-refractivity contribution is -0.192. The van der Waals surface area contributed by atoms with Crippen molar-refractivity contribution in [2.24, 2.45) is 5.41 Å². The van der Waals surface area contributed by atoms with Gasteiger partial charge in [-0.1, -0.05) is 0 Å². The first-order chi connectivity index (χ1) is 15.2. The van der Waals surface area contributed by atoms with Crippen LogP contribution in [0.1, 0.15) is 29.6 Å². The SMILES string of the molecule is O=C(O)C(F)(F)F.O=C(c1ccsc1)N1CCC2OCCCC2(COc2cccnc2)C1. The molecule has 0 aromatic carbocycles. The Kier molecular flexibility index (Phi) is 7.73. The first kappa shape index (κ1) is 24.0. The Bertz CT molecular complexity index is 895. The normalized spacial score (nSPS) is 22.8. The largest absolute Gasteiger partial charge is 0.491 e. The highest BCUT2D eigenvalue weighted by Crippen LogP contribution is 2.41. The van der Waals surface area contributed by atoms with Gasteiger partial charge in [-0.3, -0.25) is 9.78 Å². The van der Waals surface area contributed by atoms with Crippen LogP contribution in [0.3, 0.4) is 0 Å². The van der Waals surface area contributed by atoms with Gasteiger partial charge in [-0.15, -0.1) is 0 Å². The van der Waals surface area contributed by atoms with E-state index in [0.29, 0.717) is 13.2 Å². The molecule has 2 aromatic rings. The monoisotopic (exact) mass is 472 g/mol. The first-order valence-electron chi connectivity index (χ1n) is 9.97. The molecule has 174 valence electrons. The van der Waals surface area contributed by atoms with Gasteiger partial charge in [0.2, 0.25) is 0 Å². The topological polar surface area (TPSA) is 89.0 Å². The van der Waals surface area contributed by atoms with E-state index in [9.17, 15) is 18.0 Å². The zero-order valence-electron chi connectivity index (χ0n) is 17.1. The van der Waals surface area contributed by atoms with Crippen molar-refractivity contribution in [3.8, 4) is 5.75 Å². The molecule has 2 aliphatic rings. The summed E-state index contributed by atoms with van der Waals surface area (Å²) in [6.45, 7) is 2.79. The highest BCUT2D eigenvalue weighted by Gasteiger charge is 2.47. The number of hydrogen-bond acceptors (Lipinski definition) is 6. The molecule has 0 aliphatic carbocycles. The Morgan fingerprint density at radius 3 is 2.78 bits per heavy atom. The van der Waals surface area contributed by atoms with Gasteiger partial charge >= 0.3 is 12.1 Å². The van der Waals surface area contributed by atoms with Crippen LogP contribution in [-0.4, -0.2) is 65.5 Å². The highest BCUT2D eigenvalue weighted by molar-refractivity contribution is 7.08. The van der Waals surface area contributed by atoms with Gasteiger partial charge in [0.1, 0.15) is 5.75 Å². The molecule has 2 aliphatic heterocycles. The summed E-state index contributed by atoms with van der Waals surface area (Å²) in [6, 6.07) is 5.68. The number of carbonyl (C=O) groups is 2. The number of piperidine rings is 1. The molecule has 4 rings (SSSR count). The smallest absolute Gasteiger partial charge is 0.490 e. The zero-order valence-corrected chi connectivity index (χ0v) is 17.9. The summed E-state index contributed by atoms with van der Waals surface area (Å²) in [5.41, 5.74) is 0.640. The second-order valence-electron chi connectivity index (χ2n) is 7.63. The van der Waals surface area contributed by atoms with Crippen molar-refractivity contribution in [2.75, 3.05) is 26.3 Å². The van der Waals surface area contributed by atoms with Gasteiger partial charge in [-0.05, 0) is 42.8 Å². The van der Waals surface area contributed by atoms with E-state index in [4.69, 9.17) is 19.4 Å². The number of hydrogen-bond donors (Lipinski definition) is 1. The number of pyridine rings is 1. The van der Waals surface area contributed by atoms with Crippen LogP contribution in [0.5, 0.6) is 5.75 Å². The molecule has 0 saturated carbocycles. The van der Waals surface area contributed by atoms with E-state index >= 15 is 0 Å². The minimum absolute atomic E-state index is 0.117. The number of aliphatic carboxylic acids is 1. The van der Waals surface area contributed by atoms with Crippen LogP contribution >= 0.6 is 11.3 Å². The zero-order chi connectivity index (χ0) is 23.2. The molecule has 2 atom stereocenters. The van der Waals surface area contributed by atoms with Gasteiger partial charge in [-0.2, -0.15) is 24.5 Å². The average Bonchev–Trinajstić information content (AvgIpc) is 3.32. The molecule has 1 amide bonds. The fraction of sp³-hybridized carbons (Fsp3) is 0.476. The fourth-order valence-corrected chi connectivity index (χ4v) is 4.53. The van der Waals surface area contributed by atoms with Crippen LogP contribution in [0.25, 0.3) is 0 Å². The lowest BCUT2D eigenvalue weighted by Crippen LogP contribution is -2.58. The number of alkyl halides is 3. The number of carbonyl (C=O) groups excluding carboxylic acids is 1. The van der Waals surface area contributed by atoms with Gasteiger partial charge in [0.05, 0.1) is 24.5 Å². The maximum absolute atomic E-state index is 12.8. The number of ether oxygens (including phenoxy) is 2. The van der Waals surface area contributed by atoms with Crippen molar-refractivity contribution in [3.05, 3.63) is 46.9 Å². The summed E-state index contributed by atoms with van der Waals surface area (Å²) in [7, 11) is 0. The predicted octanol–water partition coefficient (Wildman–Crippen LogP) is 3.87. The molecular weight excluding hydrogens is 449 g/mol. The molecule has 2 unspecified atom stereocenters. The van der Waals surface area contributed by atoms with Crippen molar-refractivity contribution in [2.45, 2.75) is 31.5 Å². The summed E-state index contributed by atoms with van der Waals surface area (Å²) in [4.78, 5) is 27.8. The third kappa shape index (κ3) is 5.98. The molecule has 4 heterocycles. The number of likely N-dealkylation sites (tertiary alicyclic amines) is 1. The predicted molar refractivity (Wildman–Crippen MR) is 110 cm³/mol. The number of carboxylic acid groups (broad SMARTS) is 1. The van der Waals surface area contributed by atoms with Gasteiger partial charge < -0.3 is 19.5 Å². The summed E-state index contributed by atoms with van der Waals surface area (Å²) in [5.74, 6) is -1.87.